The molecule has 188 valence electrons. The van der Waals surface area contributed by atoms with E-state index >= 15 is 0 Å². The van der Waals surface area contributed by atoms with Crippen molar-refractivity contribution in [1.82, 2.24) is 0 Å². The Hall–Kier alpha value is -3.50. The fourth-order valence-electron chi connectivity index (χ4n) is 3.53. The highest BCUT2D eigenvalue weighted by Crippen LogP contribution is 2.42. The van der Waals surface area contributed by atoms with E-state index in [1.54, 1.807) is 18.4 Å². The van der Waals surface area contributed by atoms with Crippen molar-refractivity contribution in [3.63, 3.8) is 0 Å². The lowest BCUT2D eigenvalue weighted by atomic mass is 10.1. The SMILES string of the molecule is CCN1/C(=C\C=Nc2ccccc2)N(CC)c2cc(C(=O)OCC(F)(F)C(F)(F)C(F)F)ccc21. The van der Waals surface area contributed by atoms with Crippen molar-refractivity contribution in [3.05, 3.63) is 66.0 Å². The van der Waals surface area contributed by atoms with E-state index in [4.69, 9.17) is 0 Å². The fraction of sp³-hybridized carbons (Fsp3) is 0.333. The molecule has 0 saturated heterocycles. The Bertz CT molecular complexity index is 1110. The maximum Gasteiger partial charge on any atom is 0.372 e. The summed E-state index contributed by atoms with van der Waals surface area (Å²) in [4.78, 5) is 20.5. The van der Waals surface area contributed by atoms with Gasteiger partial charge in [-0.2, -0.15) is 17.6 Å². The third-order valence-electron chi connectivity index (χ3n) is 5.33. The van der Waals surface area contributed by atoms with Gasteiger partial charge in [-0.1, -0.05) is 18.2 Å². The van der Waals surface area contributed by atoms with Crippen molar-refractivity contribution in [3.8, 4) is 0 Å². The lowest BCUT2D eigenvalue weighted by molar-refractivity contribution is -0.274. The second kappa shape index (κ2) is 10.4. The lowest BCUT2D eigenvalue weighted by Gasteiger charge is -2.25. The van der Waals surface area contributed by atoms with Crippen molar-refractivity contribution < 1.29 is 35.9 Å². The standard InChI is InChI=1S/C24H23F6N3O2/c1-3-32-18-11-10-16(21(34)35-15-23(27,28)24(29,30)22(25)26)14-19(18)33(4-2)20(32)12-13-31-17-8-6-5-7-9-17/h5-14,22H,3-4,15H2,1-2H3/b20-12+,31-13?. The van der Waals surface area contributed by atoms with E-state index in [1.165, 1.54) is 12.1 Å². The van der Waals surface area contributed by atoms with Crippen molar-refractivity contribution in [2.45, 2.75) is 32.1 Å². The van der Waals surface area contributed by atoms with Gasteiger partial charge in [0, 0.05) is 19.3 Å². The molecule has 0 aromatic heterocycles. The predicted molar refractivity (Wildman–Crippen MR) is 121 cm³/mol. The summed E-state index contributed by atoms with van der Waals surface area (Å²) in [6.07, 6.45) is -1.20. The zero-order chi connectivity index (χ0) is 25.8. The Morgan fingerprint density at radius 1 is 1.00 bits per heavy atom. The number of para-hydroxylation sites is 1. The molecule has 0 unspecified atom stereocenters. The van der Waals surface area contributed by atoms with Gasteiger partial charge in [0.2, 0.25) is 0 Å². The van der Waals surface area contributed by atoms with Crippen LogP contribution in [0.2, 0.25) is 0 Å². The van der Waals surface area contributed by atoms with Crippen LogP contribution in [-0.4, -0.2) is 50.2 Å². The largest absolute Gasteiger partial charge is 0.455 e. The third kappa shape index (κ3) is 5.28. The molecule has 0 N–H and O–H groups in total. The Balaban J connectivity index is 1.82. The molecule has 1 aliphatic heterocycles. The van der Waals surface area contributed by atoms with E-state index in [2.05, 4.69) is 9.73 Å². The molecular weight excluding hydrogens is 476 g/mol. The second-order valence-corrected chi connectivity index (χ2v) is 7.53. The highest BCUT2D eigenvalue weighted by atomic mass is 19.3. The van der Waals surface area contributed by atoms with Gasteiger partial charge in [0.15, 0.2) is 6.61 Å². The highest BCUT2D eigenvalue weighted by Gasteiger charge is 2.63. The molecule has 2 aromatic rings. The summed E-state index contributed by atoms with van der Waals surface area (Å²) >= 11 is 0. The molecule has 0 amide bonds. The smallest absolute Gasteiger partial charge is 0.372 e. The minimum Gasteiger partial charge on any atom is -0.455 e. The van der Waals surface area contributed by atoms with Crippen molar-refractivity contribution >= 4 is 29.2 Å². The topological polar surface area (TPSA) is 45.1 Å². The summed E-state index contributed by atoms with van der Waals surface area (Å²) in [5.74, 6) is -11.4. The van der Waals surface area contributed by atoms with Crippen LogP contribution < -0.4 is 9.80 Å². The van der Waals surface area contributed by atoms with Gasteiger partial charge in [0.25, 0.3) is 0 Å². The fourth-order valence-corrected chi connectivity index (χ4v) is 3.53. The molecule has 35 heavy (non-hydrogen) atoms. The number of carbonyl (C=O) groups excluding carboxylic acids is 1. The van der Waals surface area contributed by atoms with Crippen molar-refractivity contribution in [2.24, 2.45) is 4.99 Å². The molecule has 0 aliphatic carbocycles. The van der Waals surface area contributed by atoms with Gasteiger partial charge in [0.05, 0.1) is 22.6 Å². The van der Waals surface area contributed by atoms with Crippen LogP contribution in [0.1, 0.15) is 24.2 Å². The van der Waals surface area contributed by atoms with Crippen molar-refractivity contribution in [2.75, 3.05) is 29.5 Å². The first-order valence-electron chi connectivity index (χ1n) is 10.7. The Morgan fingerprint density at radius 3 is 2.23 bits per heavy atom. The number of hydrogen-bond acceptors (Lipinski definition) is 5. The molecule has 1 heterocycles. The number of rotatable bonds is 9. The number of carbonyl (C=O) groups is 1. The summed E-state index contributed by atoms with van der Waals surface area (Å²) in [6.45, 7) is 2.64. The number of allylic oxidation sites excluding steroid dienone is 1. The number of anilines is 2. The van der Waals surface area contributed by atoms with E-state index in [-0.39, 0.29) is 5.56 Å². The first kappa shape index (κ1) is 26.1. The number of aliphatic imine (C=N–C) groups is 1. The summed E-state index contributed by atoms with van der Waals surface area (Å²) in [5, 5.41) is 0. The molecule has 0 atom stereocenters. The molecule has 2 aromatic carbocycles. The molecule has 0 bridgehead atoms. The average molecular weight is 499 g/mol. The molecule has 0 spiro atoms. The molecule has 5 nitrogen and oxygen atoms in total. The molecule has 3 rings (SSSR count). The number of benzene rings is 2. The maximum atomic E-state index is 13.5. The number of fused-ring (bicyclic) bond motifs is 1. The van der Waals surface area contributed by atoms with E-state index in [0.29, 0.717) is 18.8 Å². The van der Waals surface area contributed by atoms with Gasteiger partial charge in [-0.15, -0.1) is 0 Å². The van der Waals surface area contributed by atoms with Crippen LogP contribution in [0.15, 0.2) is 65.4 Å². The van der Waals surface area contributed by atoms with E-state index in [9.17, 15) is 31.1 Å². The molecule has 11 heteroatoms. The number of hydrogen-bond donors (Lipinski definition) is 0. The van der Waals surface area contributed by atoms with Gasteiger partial charge < -0.3 is 14.5 Å². The molecule has 0 saturated carbocycles. The number of alkyl halides is 6. The number of ether oxygens (including phenoxy) is 1. The number of esters is 1. The van der Waals surface area contributed by atoms with Crippen LogP contribution in [-0.2, 0) is 4.74 Å². The van der Waals surface area contributed by atoms with Crippen LogP contribution in [0.5, 0.6) is 0 Å². The van der Waals surface area contributed by atoms with E-state index < -0.39 is 30.8 Å². The van der Waals surface area contributed by atoms with Gasteiger partial charge in [0.1, 0.15) is 5.82 Å². The Kier molecular flexibility index (Phi) is 7.76. The van der Waals surface area contributed by atoms with E-state index in [0.717, 1.165) is 17.2 Å². The van der Waals surface area contributed by atoms with Crippen LogP contribution in [0.3, 0.4) is 0 Å². The van der Waals surface area contributed by atoms with Crippen LogP contribution in [0.4, 0.5) is 43.4 Å². The quantitative estimate of drug-likeness (QED) is 0.231. The number of nitrogens with zero attached hydrogens (tertiary/aromatic N) is 3. The summed E-state index contributed by atoms with van der Waals surface area (Å²) in [6, 6.07) is 13.5. The van der Waals surface area contributed by atoms with Crippen LogP contribution >= 0.6 is 0 Å². The van der Waals surface area contributed by atoms with Crippen LogP contribution in [0.25, 0.3) is 0 Å². The summed E-state index contributed by atoms with van der Waals surface area (Å²) in [5.41, 5.74) is 1.85. The van der Waals surface area contributed by atoms with Crippen molar-refractivity contribution in [1.29, 1.82) is 0 Å². The Morgan fingerprint density at radius 2 is 1.63 bits per heavy atom. The third-order valence-corrected chi connectivity index (χ3v) is 5.33. The second-order valence-electron chi connectivity index (χ2n) is 7.53. The maximum absolute atomic E-state index is 13.5. The minimum absolute atomic E-state index is 0.186. The summed E-state index contributed by atoms with van der Waals surface area (Å²) < 4.78 is 82.0. The molecule has 1 aliphatic rings. The van der Waals surface area contributed by atoms with E-state index in [1.807, 2.05) is 54.0 Å². The number of halogens is 6. The first-order chi connectivity index (χ1) is 16.5. The zero-order valence-corrected chi connectivity index (χ0v) is 18.9. The molecule has 0 radical (unpaired) electrons. The van der Waals surface area contributed by atoms with Gasteiger partial charge in [-0.3, -0.25) is 4.99 Å². The highest BCUT2D eigenvalue weighted by molar-refractivity contribution is 5.95. The summed E-state index contributed by atoms with van der Waals surface area (Å²) in [7, 11) is 0. The molecule has 0 fully saturated rings. The minimum atomic E-state index is -5.63. The van der Waals surface area contributed by atoms with Gasteiger partial charge in [-0.05, 0) is 50.3 Å². The normalized spacial score (nSPS) is 15.4. The molecular formula is C24H23F6N3O2. The first-order valence-corrected chi connectivity index (χ1v) is 10.7. The van der Waals surface area contributed by atoms with Gasteiger partial charge >= 0.3 is 24.2 Å². The zero-order valence-electron chi connectivity index (χ0n) is 18.9. The average Bonchev–Trinajstić information content (AvgIpc) is 3.14. The monoisotopic (exact) mass is 499 g/mol. The van der Waals surface area contributed by atoms with Gasteiger partial charge in [-0.25, -0.2) is 13.6 Å². The predicted octanol–water partition coefficient (Wildman–Crippen LogP) is 6.29. The lowest BCUT2D eigenvalue weighted by Crippen LogP contribution is -2.49. The Labute approximate surface area is 198 Å². The van der Waals surface area contributed by atoms with Crippen LogP contribution in [0, 0.1) is 0 Å².